The zero-order chi connectivity index (χ0) is 20.8. The maximum atomic E-state index is 12.5. The first-order valence-corrected chi connectivity index (χ1v) is 9.65. The van der Waals surface area contributed by atoms with E-state index in [0.717, 1.165) is 11.1 Å². The summed E-state index contributed by atoms with van der Waals surface area (Å²) in [5.41, 5.74) is 2.85. The Morgan fingerprint density at radius 1 is 1.11 bits per heavy atom. The molecule has 0 aliphatic heterocycles. The van der Waals surface area contributed by atoms with Crippen LogP contribution in [-0.2, 0) is 9.53 Å². The van der Waals surface area contributed by atoms with Gasteiger partial charge in [0.2, 0.25) is 0 Å². The molecule has 0 bridgehead atoms. The van der Waals surface area contributed by atoms with Gasteiger partial charge in [0.05, 0.1) is 17.2 Å². The smallest absolute Gasteiger partial charge is 0.339 e. The molecule has 0 heterocycles. The fourth-order valence-electron chi connectivity index (χ4n) is 2.68. The molecule has 0 aromatic heterocycles. The molecule has 1 atom stereocenters. The van der Waals surface area contributed by atoms with Crippen LogP contribution < -0.4 is 10.1 Å². The van der Waals surface area contributed by atoms with Gasteiger partial charge in [0, 0.05) is 5.69 Å². The third-order valence-corrected chi connectivity index (χ3v) is 4.51. The molecule has 28 heavy (non-hydrogen) atoms. The van der Waals surface area contributed by atoms with E-state index in [0.29, 0.717) is 11.4 Å². The second kappa shape index (κ2) is 9.60. The molecule has 1 N–H and O–H groups in total. The fraction of sp³-hybridized carbons (Fsp3) is 0.364. The van der Waals surface area contributed by atoms with Crippen molar-refractivity contribution in [2.75, 3.05) is 11.9 Å². The van der Waals surface area contributed by atoms with E-state index in [4.69, 9.17) is 21.1 Å². The Morgan fingerprint density at radius 3 is 2.43 bits per heavy atom. The van der Waals surface area contributed by atoms with Crippen molar-refractivity contribution >= 4 is 29.2 Å². The van der Waals surface area contributed by atoms with E-state index in [9.17, 15) is 9.59 Å². The van der Waals surface area contributed by atoms with Gasteiger partial charge < -0.3 is 14.8 Å². The van der Waals surface area contributed by atoms with Gasteiger partial charge in [-0.1, -0.05) is 37.6 Å². The number of hydrogen-bond donors (Lipinski definition) is 1. The highest BCUT2D eigenvalue weighted by Crippen LogP contribution is 2.28. The van der Waals surface area contributed by atoms with Crippen LogP contribution in [0.2, 0.25) is 5.02 Å². The van der Waals surface area contributed by atoms with Crippen LogP contribution in [0, 0.1) is 6.92 Å². The van der Waals surface area contributed by atoms with Crippen molar-refractivity contribution in [1.82, 2.24) is 0 Å². The number of amides is 1. The molecule has 2 aromatic carbocycles. The van der Waals surface area contributed by atoms with E-state index < -0.39 is 12.1 Å². The lowest BCUT2D eigenvalue weighted by Gasteiger charge is -2.19. The first kappa shape index (κ1) is 21.8. The highest BCUT2D eigenvalue weighted by Gasteiger charge is 2.19. The lowest BCUT2D eigenvalue weighted by Crippen LogP contribution is -2.30. The number of esters is 1. The molecule has 2 rings (SSSR count). The van der Waals surface area contributed by atoms with Crippen LogP contribution in [0.4, 0.5) is 5.69 Å². The van der Waals surface area contributed by atoms with E-state index in [2.05, 4.69) is 19.2 Å². The Labute approximate surface area is 171 Å². The van der Waals surface area contributed by atoms with E-state index in [-0.39, 0.29) is 29.0 Å². The number of aryl methyl sites for hydroxylation is 1. The van der Waals surface area contributed by atoms with Crippen molar-refractivity contribution in [2.24, 2.45) is 0 Å². The molecule has 0 radical (unpaired) electrons. The van der Waals surface area contributed by atoms with E-state index in [1.54, 1.807) is 19.9 Å². The molecule has 0 fully saturated rings. The van der Waals surface area contributed by atoms with Gasteiger partial charge in [-0.3, -0.25) is 4.79 Å². The molecule has 0 saturated heterocycles. The van der Waals surface area contributed by atoms with Crippen molar-refractivity contribution in [3.05, 3.63) is 58.1 Å². The van der Waals surface area contributed by atoms with Crippen molar-refractivity contribution in [3.63, 3.8) is 0 Å². The largest absolute Gasteiger partial charge is 0.481 e. The molecular weight excluding hydrogens is 378 g/mol. The highest BCUT2D eigenvalue weighted by atomic mass is 35.5. The second-order valence-electron chi connectivity index (χ2n) is 6.86. The van der Waals surface area contributed by atoms with E-state index in [1.807, 2.05) is 25.1 Å². The SMILES string of the molecule is CCOC(=O)c1ccc(NC(=O)[C@@H](C)Oc2cc(C)ccc2C(C)C)cc1Cl. The van der Waals surface area contributed by atoms with Gasteiger partial charge in [-0.15, -0.1) is 0 Å². The standard InChI is InChI=1S/C22H26ClNO4/c1-6-27-22(26)18-10-8-16(12-19(18)23)24-21(25)15(5)28-20-11-14(4)7-9-17(20)13(2)3/h7-13,15H,6H2,1-5H3,(H,24,25)/t15-/m1/s1. The predicted molar refractivity (Wildman–Crippen MR) is 111 cm³/mol. The average molecular weight is 404 g/mol. The Morgan fingerprint density at radius 2 is 1.82 bits per heavy atom. The summed E-state index contributed by atoms with van der Waals surface area (Å²) >= 11 is 6.14. The summed E-state index contributed by atoms with van der Waals surface area (Å²) in [6.45, 7) is 9.82. The molecule has 0 spiro atoms. The minimum absolute atomic E-state index is 0.214. The van der Waals surface area contributed by atoms with Crippen LogP contribution >= 0.6 is 11.6 Å². The molecule has 0 saturated carbocycles. The topological polar surface area (TPSA) is 64.6 Å². The molecular formula is C22H26ClNO4. The van der Waals surface area contributed by atoms with Gasteiger partial charge in [0.15, 0.2) is 6.10 Å². The van der Waals surface area contributed by atoms with E-state index >= 15 is 0 Å². The quantitative estimate of drug-likeness (QED) is 0.632. The zero-order valence-electron chi connectivity index (χ0n) is 16.8. The maximum Gasteiger partial charge on any atom is 0.339 e. The number of nitrogens with one attached hydrogen (secondary N) is 1. The lowest BCUT2D eigenvalue weighted by molar-refractivity contribution is -0.122. The Kier molecular flexibility index (Phi) is 7.46. The van der Waals surface area contributed by atoms with Gasteiger partial charge in [-0.25, -0.2) is 4.79 Å². The molecule has 0 aliphatic carbocycles. The summed E-state index contributed by atoms with van der Waals surface area (Å²) in [5, 5.41) is 2.98. The number of halogens is 1. The van der Waals surface area contributed by atoms with Gasteiger partial charge >= 0.3 is 5.97 Å². The lowest BCUT2D eigenvalue weighted by atomic mass is 10.0. The Balaban J connectivity index is 2.10. The molecule has 2 aromatic rings. The minimum atomic E-state index is -0.706. The Hall–Kier alpha value is -2.53. The fourth-order valence-corrected chi connectivity index (χ4v) is 2.93. The van der Waals surface area contributed by atoms with Crippen molar-refractivity contribution < 1.29 is 19.1 Å². The normalized spacial score (nSPS) is 11.8. The Bertz CT molecular complexity index is 864. The van der Waals surface area contributed by atoms with Gasteiger partial charge in [-0.05, 0) is 62.1 Å². The van der Waals surface area contributed by atoms with Crippen LogP contribution in [0.25, 0.3) is 0 Å². The molecule has 5 nitrogen and oxygen atoms in total. The van der Waals surface area contributed by atoms with Crippen molar-refractivity contribution in [1.29, 1.82) is 0 Å². The van der Waals surface area contributed by atoms with Crippen molar-refractivity contribution in [2.45, 2.75) is 46.6 Å². The summed E-state index contributed by atoms with van der Waals surface area (Å²) in [4.78, 5) is 24.4. The zero-order valence-corrected chi connectivity index (χ0v) is 17.6. The van der Waals surface area contributed by atoms with Crippen LogP contribution in [0.5, 0.6) is 5.75 Å². The highest BCUT2D eigenvalue weighted by molar-refractivity contribution is 6.34. The van der Waals surface area contributed by atoms with Gasteiger partial charge in [0.1, 0.15) is 5.75 Å². The number of rotatable bonds is 7. The first-order valence-electron chi connectivity index (χ1n) is 9.27. The summed E-state index contributed by atoms with van der Waals surface area (Å²) in [5.74, 6) is 0.173. The number of anilines is 1. The molecule has 6 heteroatoms. The number of ether oxygens (including phenoxy) is 2. The minimum Gasteiger partial charge on any atom is -0.481 e. The maximum absolute atomic E-state index is 12.5. The summed E-state index contributed by atoms with van der Waals surface area (Å²) < 4.78 is 10.9. The number of carbonyl (C=O) groups is 2. The van der Waals surface area contributed by atoms with E-state index in [1.165, 1.54) is 12.1 Å². The number of benzene rings is 2. The number of hydrogen-bond acceptors (Lipinski definition) is 4. The molecule has 150 valence electrons. The van der Waals surface area contributed by atoms with Crippen LogP contribution in [0.1, 0.15) is 55.1 Å². The first-order chi connectivity index (χ1) is 13.2. The van der Waals surface area contributed by atoms with Crippen LogP contribution in [0.15, 0.2) is 36.4 Å². The monoisotopic (exact) mass is 403 g/mol. The molecule has 1 amide bonds. The summed E-state index contributed by atoms with van der Waals surface area (Å²) in [7, 11) is 0. The third kappa shape index (κ3) is 5.49. The average Bonchev–Trinajstić information content (AvgIpc) is 2.61. The van der Waals surface area contributed by atoms with Crippen LogP contribution in [0.3, 0.4) is 0 Å². The third-order valence-electron chi connectivity index (χ3n) is 4.20. The van der Waals surface area contributed by atoms with Gasteiger partial charge in [0.25, 0.3) is 5.91 Å². The number of carbonyl (C=O) groups excluding carboxylic acids is 2. The summed E-state index contributed by atoms with van der Waals surface area (Å²) in [6, 6.07) is 10.6. The second-order valence-corrected chi connectivity index (χ2v) is 7.27. The van der Waals surface area contributed by atoms with Crippen LogP contribution in [-0.4, -0.2) is 24.6 Å². The predicted octanol–water partition coefficient (Wildman–Crippen LogP) is 5.35. The molecule has 0 aliphatic rings. The summed E-state index contributed by atoms with van der Waals surface area (Å²) in [6.07, 6.45) is -0.706. The molecule has 0 unspecified atom stereocenters. The van der Waals surface area contributed by atoms with Gasteiger partial charge in [-0.2, -0.15) is 0 Å². The van der Waals surface area contributed by atoms with Crippen molar-refractivity contribution in [3.8, 4) is 5.75 Å².